The summed E-state index contributed by atoms with van der Waals surface area (Å²) < 4.78 is 29.3. The van der Waals surface area contributed by atoms with Crippen LogP contribution >= 0.6 is 0 Å². The van der Waals surface area contributed by atoms with Gasteiger partial charge in [0.15, 0.2) is 0 Å². The molecule has 3 rings (SSSR count). The second kappa shape index (κ2) is 7.68. The van der Waals surface area contributed by atoms with E-state index in [9.17, 15) is 13.2 Å². The molecule has 1 aliphatic rings. The molecule has 0 unspecified atom stereocenters. The lowest BCUT2D eigenvalue weighted by atomic mass is 9.95. The minimum Gasteiger partial charge on any atom is -0.355 e. The first-order valence-corrected chi connectivity index (χ1v) is 11.0. The minimum atomic E-state index is -3.79. The summed E-state index contributed by atoms with van der Waals surface area (Å²) in [5.74, 6) is -0.128. The monoisotopic (exact) mass is 400 g/mol. The van der Waals surface area contributed by atoms with Gasteiger partial charge in [-0.15, -0.1) is 0 Å². The molecule has 0 spiro atoms. The van der Waals surface area contributed by atoms with Gasteiger partial charge in [0.25, 0.3) is 0 Å². The maximum absolute atomic E-state index is 13.9. The first-order chi connectivity index (χ1) is 13.2. The summed E-state index contributed by atoms with van der Waals surface area (Å²) in [4.78, 5) is 12.6. The van der Waals surface area contributed by atoms with E-state index in [2.05, 4.69) is 5.32 Å². The molecule has 1 N–H and O–H groups in total. The first kappa shape index (κ1) is 20.6. The van der Waals surface area contributed by atoms with Crippen molar-refractivity contribution in [2.75, 3.05) is 13.1 Å². The van der Waals surface area contributed by atoms with E-state index < -0.39 is 16.1 Å². The average Bonchev–Trinajstić information content (AvgIpc) is 2.87. The maximum Gasteiger partial charge on any atom is 0.244 e. The summed E-state index contributed by atoms with van der Waals surface area (Å²) in [5, 5.41) is 2.81. The molecule has 1 heterocycles. The standard InChI is InChI=1S/C22H28N2O3S/c1-14-15(2)17(4)22(18(5)16(14)3)28(26,27)24-12-11-23-21(25)13-20(24)19-9-7-6-8-10-19/h6-10,20H,11-13H2,1-5H3,(H,23,25)/t20-/m0/s1. The minimum absolute atomic E-state index is 0.116. The van der Waals surface area contributed by atoms with Crippen LogP contribution in [0.25, 0.3) is 0 Å². The summed E-state index contributed by atoms with van der Waals surface area (Å²) in [6.45, 7) is 10.3. The molecule has 2 aromatic carbocycles. The van der Waals surface area contributed by atoms with Crippen LogP contribution in [0.3, 0.4) is 0 Å². The summed E-state index contributed by atoms with van der Waals surface area (Å²) in [6, 6.07) is 8.89. The smallest absolute Gasteiger partial charge is 0.244 e. The van der Waals surface area contributed by atoms with Gasteiger partial charge in [0, 0.05) is 19.5 Å². The molecule has 1 atom stereocenters. The molecule has 1 amide bonds. The number of hydrogen-bond donors (Lipinski definition) is 1. The molecular weight excluding hydrogens is 372 g/mol. The van der Waals surface area contributed by atoms with Crippen LogP contribution in [0.5, 0.6) is 0 Å². The molecular formula is C22H28N2O3S. The van der Waals surface area contributed by atoms with Crippen LogP contribution in [0.15, 0.2) is 35.2 Å². The Labute approximate surface area is 167 Å². The zero-order valence-electron chi connectivity index (χ0n) is 17.2. The third-order valence-corrected chi connectivity index (χ3v) is 8.25. The zero-order chi connectivity index (χ0) is 20.6. The van der Waals surface area contributed by atoms with Gasteiger partial charge in [0.1, 0.15) is 0 Å². The molecule has 28 heavy (non-hydrogen) atoms. The summed E-state index contributed by atoms with van der Waals surface area (Å²) in [5.41, 5.74) is 5.54. The predicted molar refractivity (Wildman–Crippen MR) is 111 cm³/mol. The largest absolute Gasteiger partial charge is 0.355 e. The highest BCUT2D eigenvalue weighted by molar-refractivity contribution is 7.89. The van der Waals surface area contributed by atoms with Crippen molar-refractivity contribution in [2.45, 2.75) is 52.0 Å². The second-order valence-electron chi connectivity index (χ2n) is 7.55. The average molecular weight is 401 g/mol. The van der Waals surface area contributed by atoms with Crippen molar-refractivity contribution in [1.29, 1.82) is 0 Å². The van der Waals surface area contributed by atoms with Gasteiger partial charge in [0.05, 0.1) is 10.9 Å². The van der Waals surface area contributed by atoms with Crippen LogP contribution in [0.4, 0.5) is 0 Å². The van der Waals surface area contributed by atoms with Gasteiger partial charge < -0.3 is 5.32 Å². The molecule has 0 aromatic heterocycles. The molecule has 150 valence electrons. The van der Waals surface area contributed by atoms with E-state index in [1.807, 2.05) is 65.0 Å². The highest BCUT2D eigenvalue weighted by Crippen LogP contribution is 2.36. The summed E-state index contributed by atoms with van der Waals surface area (Å²) in [6.07, 6.45) is 0.116. The molecule has 1 saturated heterocycles. The normalized spacial score (nSPS) is 18.6. The van der Waals surface area contributed by atoms with Crippen LogP contribution in [0.1, 0.15) is 45.8 Å². The maximum atomic E-state index is 13.9. The van der Waals surface area contributed by atoms with Gasteiger partial charge in [-0.3, -0.25) is 4.79 Å². The SMILES string of the molecule is Cc1c(C)c(C)c(S(=O)(=O)N2CCNC(=O)C[C@H]2c2ccccc2)c(C)c1C. The topological polar surface area (TPSA) is 66.5 Å². The molecule has 1 aliphatic heterocycles. The Bertz CT molecular complexity index is 985. The van der Waals surface area contributed by atoms with Crippen molar-refractivity contribution in [3.8, 4) is 0 Å². The van der Waals surface area contributed by atoms with Gasteiger partial charge in [-0.25, -0.2) is 8.42 Å². The van der Waals surface area contributed by atoms with Crippen molar-refractivity contribution >= 4 is 15.9 Å². The molecule has 2 aromatic rings. The first-order valence-electron chi connectivity index (χ1n) is 9.56. The number of carbonyl (C=O) groups is 1. The van der Waals surface area contributed by atoms with Crippen molar-refractivity contribution < 1.29 is 13.2 Å². The Morgan fingerprint density at radius 2 is 1.43 bits per heavy atom. The summed E-state index contributed by atoms with van der Waals surface area (Å²) in [7, 11) is -3.79. The molecule has 0 saturated carbocycles. The third kappa shape index (κ3) is 3.47. The Kier molecular flexibility index (Phi) is 5.64. The number of carbonyl (C=O) groups excluding carboxylic acids is 1. The number of rotatable bonds is 3. The van der Waals surface area contributed by atoms with Crippen LogP contribution in [0.2, 0.25) is 0 Å². The third-order valence-electron chi connectivity index (χ3n) is 6.06. The molecule has 0 radical (unpaired) electrons. The van der Waals surface area contributed by atoms with Crippen molar-refractivity contribution in [3.05, 3.63) is 63.7 Å². The molecule has 0 bridgehead atoms. The Hall–Kier alpha value is -2.18. The van der Waals surface area contributed by atoms with Crippen molar-refractivity contribution in [1.82, 2.24) is 9.62 Å². The van der Waals surface area contributed by atoms with Crippen LogP contribution in [-0.4, -0.2) is 31.7 Å². The Morgan fingerprint density at radius 3 is 2.00 bits per heavy atom. The van der Waals surface area contributed by atoms with Gasteiger partial charge in [-0.1, -0.05) is 30.3 Å². The van der Waals surface area contributed by atoms with Gasteiger partial charge in [0.2, 0.25) is 15.9 Å². The van der Waals surface area contributed by atoms with E-state index >= 15 is 0 Å². The fraction of sp³-hybridized carbons (Fsp3) is 0.409. The van der Waals surface area contributed by atoms with Gasteiger partial charge in [-0.2, -0.15) is 4.31 Å². The fourth-order valence-electron chi connectivity index (χ4n) is 4.03. The van der Waals surface area contributed by atoms with E-state index in [0.717, 1.165) is 33.4 Å². The van der Waals surface area contributed by atoms with Crippen LogP contribution < -0.4 is 5.32 Å². The quantitative estimate of drug-likeness (QED) is 0.858. The molecule has 0 aliphatic carbocycles. The molecule has 6 heteroatoms. The fourth-order valence-corrected chi connectivity index (χ4v) is 6.21. The predicted octanol–water partition coefficient (Wildman–Crippen LogP) is 3.48. The second-order valence-corrected chi connectivity index (χ2v) is 9.38. The zero-order valence-corrected chi connectivity index (χ0v) is 18.0. The van der Waals surface area contributed by atoms with Crippen molar-refractivity contribution in [2.24, 2.45) is 0 Å². The lowest BCUT2D eigenvalue weighted by molar-refractivity contribution is -0.121. The summed E-state index contributed by atoms with van der Waals surface area (Å²) >= 11 is 0. The Balaban J connectivity index is 2.20. The van der Waals surface area contributed by atoms with E-state index in [-0.39, 0.29) is 18.9 Å². The van der Waals surface area contributed by atoms with Gasteiger partial charge in [-0.05, 0) is 68.0 Å². The number of benzene rings is 2. The van der Waals surface area contributed by atoms with E-state index in [1.54, 1.807) is 0 Å². The van der Waals surface area contributed by atoms with Crippen molar-refractivity contribution in [3.63, 3.8) is 0 Å². The lowest BCUT2D eigenvalue weighted by Gasteiger charge is -2.31. The van der Waals surface area contributed by atoms with Gasteiger partial charge >= 0.3 is 0 Å². The van der Waals surface area contributed by atoms with E-state index in [1.165, 1.54) is 4.31 Å². The van der Waals surface area contributed by atoms with Crippen LogP contribution in [0, 0.1) is 34.6 Å². The molecule has 1 fully saturated rings. The molecule has 5 nitrogen and oxygen atoms in total. The lowest BCUT2D eigenvalue weighted by Crippen LogP contribution is -2.37. The highest BCUT2D eigenvalue weighted by Gasteiger charge is 2.37. The van der Waals surface area contributed by atoms with E-state index in [0.29, 0.717) is 11.4 Å². The van der Waals surface area contributed by atoms with E-state index in [4.69, 9.17) is 0 Å². The number of amides is 1. The number of hydrogen-bond acceptors (Lipinski definition) is 3. The number of sulfonamides is 1. The highest BCUT2D eigenvalue weighted by atomic mass is 32.2. The Morgan fingerprint density at radius 1 is 0.893 bits per heavy atom. The number of nitrogens with zero attached hydrogens (tertiary/aromatic N) is 1. The van der Waals surface area contributed by atoms with Crippen LogP contribution in [-0.2, 0) is 14.8 Å². The number of nitrogens with one attached hydrogen (secondary N) is 1.